The topological polar surface area (TPSA) is 51.2 Å². The molecule has 0 bridgehead atoms. The number of hydrogen-bond acceptors (Lipinski definition) is 3. The fraction of sp³-hybridized carbons (Fsp3) is 0.250. The van der Waals surface area contributed by atoms with Gasteiger partial charge in [-0.2, -0.15) is 0 Å². The minimum Gasteiger partial charge on any atom is -0.444 e. The molecule has 0 radical (unpaired) electrons. The molecule has 0 spiro atoms. The average molecular weight is 374 g/mol. The van der Waals surface area contributed by atoms with Crippen LogP contribution in [-0.2, 0) is 11.2 Å². The van der Waals surface area contributed by atoms with Crippen molar-refractivity contribution in [1.29, 1.82) is 0 Å². The molecule has 1 aromatic heterocycles. The summed E-state index contributed by atoms with van der Waals surface area (Å²) in [5, 5.41) is 3.00. The van der Waals surface area contributed by atoms with E-state index in [2.05, 4.69) is 28.5 Å². The van der Waals surface area contributed by atoms with Crippen molar-refractivity contribution in [1.82, 2.24) is 10.3 Å². The van der Waals surface area contributed by atoms with Crippen molar-refractivity contribution >= 4 is 6.09 Å². The van der Waals surface area contributed by atoms with Gasteiger partial charge in [-0.1, -0.05) is 60.7 Å². The number of alkyl carbamates (subject to hydrolysis) is 1. The predicted molar refractivity (Wildman–Crippen MR) is 111 cm³/mol. The Kier molecular flexibility index (Phi) is 6.09. The van der Waals surface area contributed by atoms with E-state index < -0.39 is 11.7 Å². The zero-order chi connectivity index (χ0) is 20.0. The molecule has 3 aromatic rings. The van der Waals surface area contributed by atoms with Crippen molar-refractivity contribution in [3.8, 4) is 0 Å². The van der Waals surface area contributed by atoms with E-state index in [-0.39, 0.29) is 6.04 Å². The quantitative estimate of drug-likeness (QED) is 0.660. The van der Waals surface area contributed by atoms with Gasteiger partial charge in [0.15, 0.2) is 0 Å². The number of ether oxygens (including phenoxy) is 1. The van der Waals surface area contributed by atoms with Crippen molar-refractivity contribution < 1.29 is 9.53 Å². The molecular formula is C24H26N2O2. The molecule has 0 saturated heterocycles. The molecule has 0 aliphatic rings. The van der Waals surface area contributed by atoms with E-state index in [0.29, 0.717) is 0 Å². The molecule has 0 aliphatic heterocycles. The zero-order valence-electron chi connectivity index (χ0n) is 16.6. The normalized spacial score (nSPS) is 12.2. The van der Waals surface area contributed by atoms with Crippen LogP contribution in [0.4, 0.5) is 4.79 Å². The van der Waals surface area contributed by atoms with Gasteiger partial charge in [-0.15, -0.1) is 0 Å². The van der Waals surface area contributed by atoms with Crippen LogP contribution in [0.2, 0.25) is 0 Å². The Hall–Kier alpha value is -3.14. The summed E-state index contributed by atoms with van der Waals surface area (Å²) in [5.74, 6) is 0. The van der Waals surface area contributed by atoms with Crippen molar-refractivity contribution in [3.63, 3.8) is 0 Å². The maximum absolute atomic E-state index is 12.4. The fourth-order valence-electron chi connectivity index (χ4n) is 3.02. The molecule has 1 amide bonds. The number of benzene rings is 2. The third kappa shape index (κ3) is 5.68. The van der Waals surface area contributed by atoms with Crippen molar-refractivity contribution in [2.24, 2.45) is 0 Å². The van der Waals surface area contributed by atoms with Gasteiger partial charge in [0.2, 0.25) is 0 Å². The first-order valence-corrected chi connectivity index (χ1v) is 9.43. The number of carbonyl (C=O) groups excluding carboxylic acids is 1. The van der Waals surface area contributed by atoms with Gasteiger partial charge in [0.05, 0.1) is 6.04 Å². The second-order valence-corrected chi connectivity index (χ2v) is 7.78. The van der Waals surface area contributed by atoms with Gasteiger partial charge in [0, 0.05) is 12.4 Å². The number of nitrogens with one attached hydrogen (secondary N) is 1. The highest BCUT2D eigenvalue weighted by Gasteiger charge is 2.22. The molecule has 1 atom stereocenters. The van der Waals surface area contributed by atoms with Gasteiger partial charge < -0.3 is 10.1 Å². The molecule has 0 saturated carbocycles. The van der Waals surface area contributed by atoms with Gasteiger partial charge >= 0.3 is 6.09 Å². The molecule has 4 nitrogen and oxygen atoms in total. The van der Waals surface area contributed by atoms with Gasteiger partial charge in [0.1, 0.15) is 5.60 Å². The molecule has 28 heavy (non-hydrogen) atoms. The average Bonchev–Trinajstić information content (AvgIpc) is 2.66. The summed E-state index contributed by atoms with van der Waals surface area (Å²) in [6.07, 6.45) is 4.00. The summed E-state index contributed by atoms with van der Waals surface area (Å²) in [5.41, 5.74) is 3.66. The molecule has 144 valence electrons. The third-order valence-corrected chi connectivity index (χ3v) is 4.19. The monoisotopic (exact) mass is 374 g/mol. The van der Waals surface area contributed by atoms with Crippen molar-refractivity contribution in [2.45, 2.75) is 38.8 Å². The van der Waals surface area contributed by atoms with Gasteiger partial charge in [-0.05, 0) is 55.5 Å². The van der Waals surface area contributed by atoms with Crippen LogP contribution in [-0.4, -0.2) is 16.7 Å². The number of amides is 1. The second-order valence-electron chi connectivity index (χ2n) is 7.78. The van der Waals surface area contributed by atoms with E-state index in [9.17, 15) is 4.79 Å². The highest BCUT2D eigenvalue weighted by Crippen LogP contribution is 2.24. The van der Waals surface area contributed by atoms with Gasteiger partial charge in [-0.3, -0.25) is 4.98 Å². The molecule has 1 N–H and O–H groups in total. The lowest BCUT2D eigenvalue weighted by atomic mass is 9.97. The maximum atomic E-state index is 12.4. The molecule has 1 unspecified atom stereocenters. The molecule has 4 heteroatoms. The van der Waals surface area contributed by atoms with E-state index >= 15 is 0 Å². The van der Waals surface area contributed by atoms with Gasteiger partial charge in [-0.25, -0.2) is 4.79 Å². The molecule has 1 heterocycles. The van der Waals surface area contributed by atoms with Crippen LogP contribution in [0.15, 0.2) is 79.1 Å². The van der Waals surface area contributed by atoms with E-state index in [1.54, 1.807) is 6.20 Å². The lowest BCUT2D eigenvalue weighted by molar-refractivity contribution is 0.0512. The first-order chi connectivity index (χ1) is 13.4. The van der Waals surface area contributed by atoms with Crippen molar-refractivity contribution in [2.75, 3.05) is 0 Å². The van der Waals surface area contributed by atoms with E-state index in [1.807, 2.05) is 75.5 Å². The third-order valence-electron chi connectivity index (χ3n) is 4.19. The number of nitrogens with zero attached hydrogens (tertiary/aromatic N) is 1. The standard InChI is InChI=1S/C24H26N2O2/c1-24(2,3)28-23(27)26-22(20-12-8-5-9-13-20)21-15-19(16-25-17-21)14-18-10-6-4-7-11-18/h4-13,15-17,22H,14H2,1-3H3,(H,26,27). The molecule has 3 rings (SSSR count). The minimum absolute atomic E-state index is 0.334. The number of aromatic nitrogens is 1. The number of carbonyl (C=O) groups is 1. The number of pyridine rings is 1. The van der Waals surface area contributed by atoms with E-state index in [1.165, 1.54) is 5.56 Å². The number of hydrogen-bond donors (Lipinski definition) is 1. The smallest absolute Gasteiger partial charge is 0.408 e. The summed E-state index contributed by atoms with van der Waals surface area (Å²) in [6.45, 7) is 5.56. The number of rotatable bonds is 5. The van der Waals surface area contributed by atoms with Crippen LogP contribution in [0.25, 0.3) is 0 Å². The van der Waals surface area contributed by atoms with E-state index in [0.717, 1.165) is 23.1 Å². The lowest BCUT2D eigenvalue weighted by Gasteiger charge is -2.24. The Balaban J connectivity index is 1.87. The second kappa shape index (κ2) is 8.70. The minimum atomic E-state index is -0.557. The Morgan fingerprint density at radius 3 is 2.21 bits per heavy atom. The molecule has 0 fully saturated rings. The highest BCUT2D eigenvalue weighted by atomic mass is 16.6. The Morgan fingerprint density at radius 2 is 1.57 bits per heavy atom. The van der Waals surface area contributed by atoms with Crippen molar-refractivity contribution in [3.05, 3.63) is 101 Å². The molecule has 2 aromatic carbocycles. The molecule has 0 aliphatic carbocycles. The summed E-state index contributed by atoms with van der Waals surface area (Å²) < 4.78 is 5.47. The summed E-state index contributed by atoms with van der Waals surface area (Å²) >= 11 is 0. The van der Waals surface area contributed by atoms with Crippen LogP contribution in [0.1, 0.15) is 49.1 Å². The summed E-state index contributed by atoms with van der Waals surface area (Å²) in [7, 11) is 0. The molecular weight excluding hydrogens is 348 g/mol. The first-order valence-electron chi connectivity index (χ1n) is 9.43. The summed E-state index contributed by atoms with van der Waals surface area (Å²) in [6, 6.07) is 21.9. The van der Waals surface area contributed by atoms with Crippen LogP contribution >= 0.6 is 0 Å². The van der Waals surface area contributed by atoms with E-state index in [4.69, 9.17) is 4.74 Å². The first kappa shape index (κ1) is 19.6. The zero-order valence-corrected chi connectivity index (χ0v) is 16.6. The van der Waals surface area contributed by atoms with Crippen LogP contribution < -0.4 is 5.32 Å². The Bertz CT molecular complexity index is 903. The van der Waals surface area contributed by atoms with Crippen LogP contribution in [0.3, 0.4) is 0 Å². The summed E-state index contributed by atoms with van der Waals surface area (Å²) in [4.78, 5) is 16.9. The largest absolute Gasteiger partial charge is 0.444 e. The lowest BCUT2D eigenvalue weighted by Crippen LogP contribution is -2.35. The van der Waals surface area contributed by atoms with Gasteiger partial charge in [0.25, 0.3) is 0 Å². The predicted octanol–water partition coefficient (Wildman–Crippen LogP) is 5.29. The maximum Gasteiger partial charge on any atom is 0.408 e. The highest BCUT2D eigenvalue weighted by molar-refractivity contribution is 5.69. The fourth-order valence-corrected chi connectivity index (χ4v) is 3.02. The Labute approximate surface area is 166 Å². The Morgan fingerprint density at radius 1 is 0.929 bits per heavy atom. The SMILES string of the molecule is CC(C)(C)OC(=O)NC(c1ccccc1)c1cncc(Cc2ccccc2)c1. The van der Waals surface area contributed by atoms with Crippen LogP contribution in [0.5, 0.6) is 0 Å². The van der Waals surface area contributed by atoms with Crippen LogP contribution in [0, 0.1) is 0 Å².